The summed E-state index contributed by atoms with van der Waals surface area (Å²) in [5, 5.41) is 1.27. The van der Waals surface area contributed by atoms with Crippen LogP contribution in [-0.4, -0.2) is 22.8 Å². The summed E-state index contributed by atoms with van der Waals surface area (Å²) >= 11 is 12.4. The molecule has 0 saturated carbocycles. The number of aromatic nitrogens is 2. The molecular formula is C21H14Cl2N2O2. The second kappa shape index (κ2) is 7.06. The Hall–Kier alpha value is -2.82. The highest BCUT2D eigenvalue weighted by Crippen LogP contribution is 2.37. The molecule has 0 amide bonds. The maximum Gasteiger partial charge on any atom is 0.419 e. The van der Waals surface area contributed by atoms with Gasteiger partial charge in [-0.3, -0.25) is 0 Å². The molecule has 0 aliphatic heterocycles. The molecule has 27 heavy (non-hydrogen) atoms. The maximum atomic E-state index is 12.1. The normalized spacial score (nSPS) is 10.9. The average molecular weight is 397 g/mol. The Kier molecular flexibility index (Phi) is 4.60. The second-order valence-electron chi connectivity index (χ2n) is 5.99. The molecule has 6 heteroatoms. The van der Waals surface area contributed by atoms with E-state index in [0.29, 0.717) is 21.1 Å². The number of ether oxygens (including phenoxy) is 1. The molecule has 0 aliphatic carbocycles. The summed E-state index contributed by atoms with van der Waals surface area (Å²) in [6.45, 7) is 0. The van der Waals surface area contributed by atoms with Crippen molar-refractivity contribution >= 4 is 40.3 Å². The Bertz CT molecular complexity index is 1170. The van der Waals surface area contributed by atoms with Crippen LogP contribution in [0.1, 0.15) is 0 Å². The number of hydrogen-bond acceptors (Lipinski definition) is 3. The fourth-order valence-electron chi connectivity index (χ4n) is 3.09. The highest BCUT2D eigenvalue weighted by molar-refractivity contribution is 6.31. The number of rotatable bonds is 2. The van der Waals surface area contributed by atoms with Crippen molar-refractivity contribution in [2.24, 2.45) is 0 Å². The van der Waals surface area contributed by atoms with Crippen LogP contribution >= 0.6 is 23.2 Å². The first-order valence-electron chi connectivity index (χ1n) is 8.18. The molecule has 0 unspecified atom stereocenters. The van der Waals surface area contributed by atoms with Crippen LogP contribution in [-0.2, 0) is 4.74 Å². The van der Waals surface area contributed by atoms with Crippen LogP contribution < -0.4 is 0 Å². The van der Waals surface area contributed by atoms with E-state index in [0.717, 1.165) is 22.3 Å². The Labute approximate surface area is 165 Å². The Morgan fingerprint density at radius 3 is 2.07 bits per heavy atom. The van der Waals surface area contributed by atoms with Crippen molar-refractivity contribution < 1.29 is 9.53 Å². The first-order valence-corrected chi connectivity index (χ1v) is 8.94. The third kappa shape index (κ3) is 3.29. The van der Waals surface area contributed by atoms with Gasteiger partial charge in [-0.05, 0) is 58.7 Å². The number of hydrogen-bond donors (Lipinski definition) is 0. The van der Waals surface area contributed by atoms with Crippen LogP contribution in [0, 0.1) is 0 Å². The molecular weight excluding hydrogens is 383 g/mol. The highest BCUT2D eigenvalue weighted by atomic mass is 35.5. The number of halogens is 2. The minimum Gasteiger partial charge on any atom is -0.452 e. The smallest absolute Gasteiger partial charge is 0.419 e. The van der Waals surface area contributed by atoms with Crippen LogP contribution in [0.15, 0.2) is 67.0 Å². The van der Waals surface area contributed by atoms with E-state index in [9.17, 15) is 4.79 Å². The zero-order valence-corrected chi connectivity index (χ0v) is 15.8. The van der Waals surface area contributed by atoms with Gasteiger partial charge in [-0.25, -0.2) is 14.3 Å². The van der Waals surface area contributed by atoms with E-state index in [2.05, 4.69) is 4.98 Å². The van der Waals surface area contributed by atoms with E-state index < -0.39 is 6.09 Å². The Morgan fingerprint density at radius 2 is 1.52 bits per heavy atom. The third-order valence-corrected chi connectivity index (χ3v) is 4.80. The topological polar surface area (TPSA) is 44.1 Å². The van der Waals surface area contributed by atoms with Crippen LogP contribution in [0.5, 0.6) is 0 Å². The van der Waals surface area contributed by atoms with Crippen molar-refractivity contribution in [1.29, 1.82) is 0 Å². The van der Waals surface area contributed by atoms with Crippen LogP contribution in [0.3, 0.4) is 0 Å². The van der Waals surface area contributed by atoms with Crippen molar-refractivity contribution in [2.75, 3.05) is 7.11 Å². The molecule has 0 N–H and O–H groups in total. The number of benzene rings is 3. The molecule has 3 aromatic carbocycles. The molecule has 0 radical (unpaired) electrons. The summed E-state index contributed by atoms with van der Waals surface area (Å²) < 4.78 is 6.22. The van der Waals surface area contributed by atoms with E-state index >= 15 is 0 Å². The maximum absolute atomic E-state index is 12.1. The van der Waals surface area contributed by atoms with E-state index in [1.54, 1.807) is 0 Å². The standard InChI is InChI=1S/C21H14Cl2N2O2/c1-27-21(26)25-12-24-19-10-17(13-4-2-6-15(22)8-13)18(11-20(19)25)14-5-3-7-16(23)9-14/h2-12H,1H3. The van der Waals surface area contributed by atoms with E-state index in [1.807, 2.05) is 60.7 Å². The molecule has 0 atom stereocenters. The van der Waals surface area contributed by atoms with Crippen molar-refractivity contribution in [3.8, 4) is 22.3 Å². The van der Waals surface area contributed by atoms with Gasteiger partial charge in [-0.15, -0.1) is 0 Å². The van der Waals surface area contributed by atoms with Gasteiger partial charge in [0.15, 0.2) is 0 Å². The fraction of sp³-hybridized carbons (Fsp3) is 0.0476. The van der Waals surface area contributed by atoms with Gasteiger partial charge in [0, 0.05) is 10.0 Å². The summed E-state index contributed by atoms with van der Waals surface area (Å²) in [5.74, 6) is 0. The summed E-state index contributed by atoms with van der Waals surface area (Å²) in [6, 6.07) is 19.0. The van der Waals surface area contributed by atoms with Crippen molar-refractivity contribution in [1.82, 2.24) is 9.55 Å². The predicted molar refractivity (Wildman–Crippen MR) is 108 cm³/mol. The van der Waals surface area contributed by atoms with Crippen LogP contribution in [0.4, 0.5) is 4.79 Å². The van der Waals surface area contributed by atoms with Crippen molar-refractivity contribution in [2.45, 2.75) is 0 Å². The van der Waals surface area contributed by atoms with E-state index in [-0.39, 0.29) is 0 Å². The third-order valence-electron chi connectivity index (χ3n) is 4.33. The number of imidazole rings is 1. The highest BCUT2D eigenvalue weighted by Gasteiger charge is 2.16. The lowest BCUT2D eigenvalue weighted by Gasteiger charge is -2.12. The Balaban J connectivity index is 2.03. The number of nitrogens with zero attached hydrogens (tertiary/aromatic N) is 2. The second-order valence-corrected chi connectivity index (χ2v) is 6.86. The molecule has 1 heterocycles. The Morgan fingerprint density at radius 1 is 0.926 bits per heavy atom. The summed E-state index contributed by atoms with van der Waals surface area (Å²) in [7, 11) is 1.34. The molecule has 0 spiro atoms. The van der Waals surface area contributed by atoms with Gasteiger partial charge in [-0.2, -0.15) is 0 Å². The lowest BCUT2D eigenvalue weighted by Crippen LogP contribution is -2.09. The average Bonchev–Trinajstić information content (AvgIpc) is 3.09. The number of carbonyl (C=O) groups excluding carboxylic acids is 1. The van der Waals surface area contributed by atoms with Gasteiger partial charge >= 0.3 is 6.09 Å². The lowest BCUT2D eigenvalue weighted by molar-refractivity contribution is 0.174. The van der Waals surface area contributed by atoms with Crippen molar-refractivity contribution in [3.05, 3.63) is 77.0 Å². The number of methoxy groups -OCH3 is 1. The first-order chi connectivity index (χ1) is 13.1. The van der Waals surface area contributed by atoms with Crippen LogP contribution in [0.25, 0.3) is 33.3 Å². The van der Waals surface area contributed by atoms with Gasteiger partial charge in [-0.1, -0.05) is 47.5 Å². The summed E-state index contributed by atoms with van der Waals surface area (Å²) in [4.78, 5) is 16.4. The molecule has 134 valence electrons. The minimum absolute atomic E-state index is 0.495. The molecule has 0 aliphatic rings. The van der Waals surface area contributed by atoms with E-state index in [1.165, 1.54) is 18.0 Å². The molecule has 4 aromatic rings. The SMILES string of the molecule is COC(=O)n1cnc2cc(-c3cccc(Cl)c3)c(-c3cccc(Cl)c3)cc21. The minimum atomic E-state index is -0.495. The predicted octanol–water partition coefficient (Wildman–Crippen LogP) is 6.29. The van der Waals surface area contributed by atoms with Gasteiger partial charge in [0.05, 0.1) is 18.1 Å². The monoisotopic (exact) mass is 396 g/mol. The molecule has 4 rings (SSSR count). The lowest BCUT2D eigenvalue weighted by atomic mass is 9.94. The van der Waals surface area contributed by atoms with Crippen molar-refractivity contribution in [3.63, 3.8) is 0 Å². The van der Waals surface area contributed by atoms with Gasteiger partial charge in [0.1, 0.15) is 6.33 Å². The summed E-state index contributed by atoms with van der Waals surface area (Å²) in [5.41, 5.74) is 5.08. The van der Waals surface area contributed by atoms with Gasteiger partial charge in [0.25, 0.3) is 0 Å². The number of carbonyl (C=O) groups is 1. The van der Waals surface area contributed by atoms with Crippen LogP contribution in [0.2, 0.25) is 10.0 Å². The van der Waals surface area contributed by atoms with Gasteiger partial charge in [0.2, 0.25) is 0 Å². The van der Waals surface area contributed by atoms with E-state index in [4.69, 9.17) is 27.9 Å². The largest absolute Gasteiger partial charge is 0.452 e. The first kappa shape index (κ1) is 17.6. The quantitative estimate of drug-likeness (QED) is 0.399. The summed E-state index contributed by atoms with van der Waals surface area (Å²) in [6.07, 6.45) is 0.963. The zero-order chi connectivity index (χ0) is 19.0. The molecule has 0 bridgehead atoms. The molecule has 0 fully saturated rings. The fourth-order valence-corrected chi connectivity index (χ4v) is 3.47. The molecule has 1 aromatic heterocycles. The number of fused-ring (bicyclic) bond motifs is 1. The molecule has 4 nitrogen and oxygen atoms in total. The van der Waals surface area contributed by atoms with Gasteiger partial charge < -0.3 is 4.74 Å². The molecule has 0 saturated heterocycles. The zero-order valence-electron chi connectivity index (χ0n) is 14.3.